The van der Waals surface area contributed by atoms with Crippen molar-refractivity contribution in [2.45, 2.75) is 37.8 Å². The van der Waals surface area contributed by atoms with E-state index in [1.807, 2.05) is 6.92 Å². The molecule has 0 amide bonds. The lowest BCUT2D eigenvalue weighted by atomic mass is 10.1. The summed E-state index contributed by atoms with van der Waals surface area (Å²) in [6.45, 7) is 2.73. The van der Waals surface area contributed by atoms with Crippen LogP contribution in [0, 0.1) is 0 Å². The van der Waals surface area contributed by atoms with Crippen molar-refractivity contribution in [1.82, 2.24) is 5.32 Å². The molecular formula is C13H19NO. The standard InChI is InChI=1S/C13H19NO/c1-2-11(15)9-14-13-8-12(13)10-6-4-3-5-7-10/h3-7,11-15H,2,8-9H2,1H3. The third-order valence-corrected chi connectivity index (χ3v) is 3.11. The third-order valence-electron chi connectivity index (χ3n) is 3.11. The highest BCUT2D eigenvalue weighted by molar-refractivity contribution is 5.27. The maximum absolute atomic E-state index is 9.43. The summed E-state index contributed by atoms with van der Waals surface area (Å²) < 4.78 is 0. The van der Waals surface area contributed by atoms with Crippen LogP contribution in [0.15, 0.2) is 30.3 Å². The van der Waals surface area contributed by atoms with E-state index in [0.717, 1.165) is 13.0 Å². The van der Waals surface area contributed by atoms with Crippen LogP contribution < -0.4 is 5.32 Å². The van der Waals surface area contributed by atoms with E-state index in [2.05, 4.69) is 35.6 Å². The fourth-order valence-electron chi connectivity index (χ4n) is 1.92. The number of rotatable bonds is 5. The molecule has 1 aliphatic rings. The first-order chi connectivity index (χ1) is 7.31. The molecule has 1 saturated carbocycles. The highest BCUT2D eigenvalue weighted by Crippen LogP contribution is 2.40. The van der Waals surface area contributed by atoms with Crippen LogP contribution in [0.2, 0.25) is 0 Å². The van der Waals surface area contributed by atoms with Gasteiger partial charge < -0.3 is 10.4 Å². The molecule has 0 radical (unpaired) electrons. The predicted molar refractivity (Wildman–Crippen MR) is 61.9 cm³/mol. The van der Waals surface area contributed by atoms with Gasteiger partial charge in [0.25, 0.3) is 0 Å². The molecule has 0 saturated heterocycles. The average Bonchev–Trinajstić information content (AvgIpc) is 3.06. The molecule has 1 aromatic rings. The van der Waals surface area contributed by atoms with Crippen LogP contribution in [0.1, 0.15) is 31.2 Å². The van der Waals surface area contributed by atoms with Crippen LogP contribution >= 0.6 is 0 Å². The molecule has 2 nitrogen and oxygen atoms in total. The van der Waals surface area contributed by atoms with E-state index in [1.165, 1.54) is 12.0 Å². The molecule has 82 valence electrons. The molecule has 0 spiro atoms. The summed E-state index contributed by atoms with van der Waals surface area (Å²) >= 11 is 0. The lowest BCUT2D eigenvalue weighted by Crippen LogP contribution is -2.28. The van der Waals surface area contributed by atoms with Gasteiger partial charge in [-0.1, -0.05) is 37.3 Å². The van der Waals surface area contributed by atoms with Crippen molar-refractivity contribution in [1.29, 1.82) is 0 Å². The van der Waals surface area contributed by atoms with E-state index >= 15 is 0 Å². The van der Waals surface area contributed by atoms with Crippen molar-refractivity contribution in [2.24, 2.45) is 0 Å². The van der Waals surface area contributed by atoms with Gasteiger partial charge in [0.15, 0.2) is 0 Å². The molecule has 3 unspecified atom stereocenters. The van der Waals surface area contributed by atoms with Gasteiger partial charge in [-0.05, 0) is 18.4 Å². The van der Waals surface area contributed by atoms with Gasteiger partial charge in [-0.2, -0.15) is 0 Å². The van der Waals surface area contributed by atoms with E-state index in [1.54, 1.807) is 0 Å². The lowest BCUT2D eigenvalue weighted by molar-refractivity contribution is 0.167. The summed E-state index contributed by atoms with van der Waals surface area (Å²) in [6.07, 6.45) is 1.85. The zero-order valence-electron chi connectivity index (χ0n) is 9.19. The van der Waals surface area contributed by atoms with Gasteiger partial charge >= 0.3 is 0 Å². The fourth-order valence-corrected chi connectivity index (χ4v) is 1.92. The van der Waals surface area contributed by atoms with Crippen LogP contribution in [0.3, 0.4) is 0 Å². The van der Waals surface area contributed by atoms with Gasteiger partial charge in [0.2, 0.25) is 0 Å². The SMILES string of the molecule is CCC(O)CNC1CC1c1ccccc1. The minimum atomic E-state index is -0.193. The summed E-state index contributed by atoms with van der Waals surface area (Å²) in [5.74, 6) is 0.662. The van der Waals surface area contributed by atoms with Crippen LogP contribution in [0.4, 0.5) is 0 Å². The Morgan fingerprint density at radius 1 is 1.40 bits per heavy atom. The number of hydrogen-bond donors (Lipinski definition) is 2. The number of aliphatic hydroxyl groups excluding tert-OH is 1. The van der Waals surface area contributed by atoms with E-state index in [0.29, 0.717) is 12.0 Å². The minimum Gasteiger partial charge on any atom is -0.392 e. The molecule has 0 aromatic heterocycles. The molecular weight excluding hydrogens is 186 g/mol. The molecule has 0 bridgehead atoms. The van der Waals surface area contributed by atoms with E-state index in [9.17, 15) is 5.11 Å². The molecule has 3 atom stereocenters. The second-order valence-electron chi connectivity index (χ2n) is 4.33. The fraction of sp³-hybridized carbons (Fsp3) is 0.538. The van der Waals surface area contributed by atoms with E-state index < -0.39 is 0 Å². The number of aliphatic hydroxyl groups is 1. The zero-order valence-corrected chi connectivity index (χ0v) is 9.19. The molecule has 2 heteroatoms. The number of hydrogen-bond acceptors (Lipinski definition) is 2. The first-order valence-electron chi connectivity index (χ1n) is 5.77. The molecule has 2 rings (SSSR count). The van der Waals surface area contributed by atoms with Crippen LogP contribution in [0.25, 0.3) is 0 Å². The first-order valence-corrected chi connectivity index (χ1v) is 5.77. The molecule has 2 N–H and O–H groups in total. The molecule has 0 heterocycles. The van der Waals surface area contributed by atoms with Crippen molar-refractivity contribution < 1.29 is 5.11 Å². The summed E-state index contributed by atoms with van der Waals surface area (Å²) in [5, 5.41) is 12.8. The van der Waals surface area contributed by atoms with Gasteiger partial charge in [0.1, 0.15) is 0 Å². The molecule has 0 aliphatic heterocycles. The molecule has 1 aromatic carbocycles. The van der Waals surface area contributed by atoms with Gasteiger partial charge in [-0.15, -0.1) is 0 Å². The largest absolute Gasteiger partial charge is 0.392 e. The summed E-state index contributed by atoms with van der Waals surface area (Å²) in [4.78, 5) is 0. The van der Waals surface area contributed by atoms with Gasteiger partial charge in [0.05, 0.1) is 6.10 Å². The first kappa shape index (κ1) is 10.7. The quantitative estimate of drug-likeness (QED) is 0.769. The number of benzene rings is 1. The number of nitrogens with one attached hydrogen (secondary N) is 1. The Hall–Kier alpha value is -0.860. The van der Waals surface area contributed by atoms with Gasteiger partial charge in [-0.25, -0.2) is 0 Å². The monoisotopic (exact) mass is 205 g/mol. The zero-order chi connectivity index (χ0) is 10.7. The highest BCUT2D eigenvalue weighted by atomic mass is 16.3. The van der Waals surface area contributed by atoms with Gasteiger partial charge in [-0.3, -0.25) is 0 Å². The predicted octanol–water partition coefficient (Wildman–Crippen LogP) is 1.90. The second kappa shape index (κ2) is 4.77. The maximum Gasteiger partial charge on any atom is 0.0662 e. The topological polar surface area (TPSA) is 32.3 Å². The average molecular weight is 205 g/mol. The van der Waals surface area contributed by atoms with Crippen molar-refractivity contribution in [3.05, 3.63) is 35.9 Å². The lowest BCUT2D eigenvalue weighted by Gasteiger charge is -2.08. The Balaban J connectivity index is 1.77. The smallest absolute Gasteiger partial charge is 0.0662 e. The molecule has 1 fully saturated rings. The van der Waals surface area contributed by atoms with Crippen molar-refractivity contribution in [3.8, 4) is 0 Å². The summed E-state index contributed by atoms with van der Waals surface area (Å²) in [7, 11) is 0. The Bertz CT molecular complexity index is 299. The van der Waals surface area contributed by atoms with Gasteiger partial charge in [0, 0.05) is 18.5 Å². The minimum absolute atomic E-state index is 0.193. The Kier molecular flexibility index (Phi) is 3.39. The molecule has 1 aliphatic carbocycles. The van der Waals surface area contributed by atoms with E-state index in [4.69, 9.17) is 0 Å². The Labute approximate surface area is 91.3 Å². The Morgan fingerprint density at radius 3 is 2.80 bits per heavy atom. The highest BCUT2D eigenvalue weighted by Gasteiger charge is 2.37. The van der Waals surface area contributed by atoms with E-state index in [-0.39, 0.29) is 6.10 Å². The molecule has 15 heavy (non-hydrogen) atoms. The normalized spacial score (nSPS) is 26.3. The van der Waals surface area contributed by atoms with Crippen molar-refractivity contribution in [2.75, 3.05) is 6.54 Å². The summed E-state index contributed by atoms with van der Waals surface area (Å²) in [6, 6.07) is 11.2. The van der Waals surface area contributed by atoms with Crippen molar-refractivity contribution in [3.63, 3.8) is 0 Å². The van der Waals surface area contributed by atoms with Crippen LogP contribution in [-0.4, -0.2) is 23.8 Å². The second-order valence-corrected chi connectivity index (χ2v) is 4.33. The maximum atomic E-state index is 9.43. The van der Waals surface area contributed by atoms with Crippen LogP contribution in [-0.2, 0) is 0 Å². The van der Waals surface area contributed by atoms with Crippen LogP contribution in [0.5, 0.6) is 0 Å². The third kappa shape index (κ3) is 2.80. The van der Waals surface area contributed by atoms with Crippen molar-refractivity contribution >= 4 is 0 Å². The summed E-state index contributed by atoms with van der Waals surface area (Å²) in [5.41, 5.74) is 1.42. The Morgan fingerprint density at radius 2 is 2.13 bits per heavy atom.